The monoisotopic (exact) mass is 507 g/mol. The van der Waals surface area contributed by atoms with Crippen molar-refractivity contribution in [2.24, 2.45) is 7.05 Å². The molecule has 9 nitrogen and oxygen atoms in total. The van der Waals surface area contributed by atoms with Gasteiger partial charge in [0, 0.05) is 49.5 Å². The van der Waals surface area contributed by atoms with E-state index in [1.165, 1.54) is 17.2 Å². The van der Waals surface area contributed by atoms with Gasteiger partial charge in [0.15, 0.2) is 5.43 Å². The van der Waals surface area contributed by atoms with Crippen LogP contribution in [0, 0.1) is 18.8 Å². The lowest BCUT2D eigenvalue weighted by Gasteiger charge is -2.21. The van der Waals surface area contributed by atoms with Crippen LogP contribution in [0.25, 0.3) is 5.69 Å². The molecule has 0 aliphatic carbocycles. The molecule has 0 radical (unpaired) electrons. The van der Waals surface area contributed by atoms with Crippen molar-refractivity contribution in [3.8, 4) is 23.3 Å². The summed E-state index contributed by atoms with van der Waals surface area (Å²) in [6.45, 7) is 1.71. The second-order valence-corrected chi connectivity index (χ2v) is 8.97. The molecule has 1 N–H and O–H groups in total. The minimum absolute atomic E-state index is 0.0652. The molecule has 9 heteroatoms. The molecular weight excluding hydrogens is 482 g/mol. The minimum atomic E-state index is -0.990. The van der Waals surface area contributed by atoms with E-state index in [0.29, 0.717) is 22.7 Å². The summed E-state index contributed by atoms with van der Waals surface area (Å²) in [5, 5.41) is 6.79. The minimum Gasteiger partial charge on any atom is -0.489 e. The van der Waals surface area contributed by atoms with Gasteiger partial charge in [0.2, 0.25) is 0 Å². The maximum atomic E-state index is 13.3. The number of aromatic nitrogens is 3. The van der Waals surface area contributed by atoms with Crippen LogP contribution in [0.2, 0.25) is 0 Å². The highest BCUT2D eigenvalue weighted by Gasteiger charge is 2.31. The maximum absolute atomic E-state index is 13.3. The number of nitrogens with one attached hydrogen (secondary N) is 1. The van der Waals surface area contributed by atoms with E-state index in [9.17, 15) is 14.4 Å². The number of likely N-dealkylation sites (N-methyl/N-ethyl adjacent to an activating group) is 1. The molecular formula is C29H25N5O4. The van der Waals surface area contributed by atoms with Crippen LogP contribution < -0.4 is 20.4 Å². The number of fused-ring (bicyclic) bond motifs is 1. The van der Waals surface area contributed by atoms with Crippen molar-refractivity contribution < 1.29 is 14.3 Å². The number of benzene rings is 2. The summed E-state index contributed by atoms with van der Waals surface area (Å²) >= 11 is 0. The molecule has 1 aliphatic rings. The highest BCUT2D eigenvalue weighted by Crippen LogP contribution is 2.31. The predicted octanol–water partition coefficient (Wildman–Crippen LogP) is 2.43. The van der Waals surface area contributed by atoms with Crippen LogP contribution in [0.15, 0.2) is 78.0 Å². The largest absolute Gasteiger partial charge is 0.489 e. The fourth-order valence-electron chi connectivity index (χ4n) is 4.21. The predicted molar refractivity (Wildman–Crippen MR) is 143 cm³/mol. The van der Waals surface area contributed by atoms with Gasteiger partial charge in [0.1, 0.15) is 24.0 Å². The molecule has 0 spiro atoms. The molecule has 190 valence electrons. The summed E-state index contributed by atoms with van der Waals surface area (Å²) in [5.74, 6) is 5.59. The number of pyridine rings is 1. The van der Waals surface area contributed by atoms with Gasteiger partial charge in [-0.25, -0.2) is 0 Å². The van der Waals surface area contributed by atoms with Gasteiger partial charge in [-0.05, 0) is 37.3 Å². The van der Waals surface area contributed by atoms with Gasteiger partial charge >= 0.3 is 0 Å². The topological polar surface area (TPSA) is 98.5 Å². The summed E-state index contributed by atoms with van der Waals surface area (Å²) in [7, 11) is 3.43. The highest BCUT2D eigenvalue weighted by atomic mass is 16.5. The first-order valence-electron chi connectivity index (χ1n) is 11.9. The summed E-state index contributed by atoms with van der Waals surface area (Å²) in [6.07, 6.45) is 4.98. The van der Waals surface area contributed by atoms with E-state index in [2.05, 4.69) is 22.3 Å². The van der Waals surface area contributed by atoms with Crippen molar-refractivity contribution >= 4 is 17.5 Å². The number of rotatable bonds is 3. The number of carbonyl (C=O) groups is 2. The number of carbonyl (C=O) groups excluding carboxylic acids is 2. The van der Waals surface area contributed by atoms with Crippen LogP contribution in [0.3, 0.4) is 0 Å². The lowest BCUT2D eigenvalue weighted by atomic mass is 10.1. The second-order valence-electron chi connectivity index (χ2n) is 8.97. The number of ether oxygens (including phenoxy) is 1. The second kappa shape index (κ2) is 10.1. The van der Waals surface area contributed by atoms with Gasteiger partial charge in [-0.2, -0.15) is 5.10 Å². The number of hydrogen-bond acceptors (Lipinski definition) is 5. The van der Waals surface area contributed by atoms with Crippen LogP contribution in [-0.2, 0) is 11.8 Å². The fraction of sp³-hybridized carbons (Fsp3) is 0.172. The Kier molecular flexibility index (Phi) is 6.54. The third-order valence-electron chi connectivity index (χ3n) is 6.24. The SMILES string of the molecule is Cc1cc(=O)c(C(=O)N[C@H]2COc3ccc(C#Cc4cnn(C)c4)cc3N(C)C2=O)cn1-c1ccccc1. The smallest absolute Gasteiger partial charge is 0.257 e. The zero-order valence-corrected chi connectivity index (χ0v) is 21.1. The van der Waals surface area contributed by atoms with Crippen LogP contribution >= 0.6 is 0 Å². The fourth-order valence-corrected chi connectivity index (χ4v) is 4.21. The first kappa shape index (κ1) is 24.6. The zero-order chi connectivity index (χ0) is 26.8. The number of nitrogens with zero attached hydrogens (tertiary/aromatic N) is 4. The maximum Gasteiger partial charge on any atom is 0.257 e. The van der Waals surface area contributed by atoms with Crippen molar-refractivity contribution in [1.29, 1.82) is 0 Å². The third kappa shape index (κ3) is 4.92. The summed E-state index contributed by atoms with van der Waals surface area (Å²) in [5.41, 5.74) is 3.00. The van der Waals surface area contributed by atoms with E-state index in [4.69, 9.17) is 4.74 Å². The molecule has 0 bridgehead atoms. The number of hydrogen-bond donors (Lipinski definition) is 1. The van der Waals surface area contributed by atoms with Gasteiger partial charge in [-0.15, -0.1) is 0 Å². The molecule has 1 aliphatic heterocycles. The summed E-state index contributed by atoms with van der Waals surface area (Å²) in [6, 6.07) is 15.1. The van der Waals surface area contributed by atoms with E-state index >= 15 is 0 Å². The van der Waals surface area contributed by atoms with E-state index in [1.807, 2.05) is 43.6 Å². The van der Waals surface area contributed by atoms with Crippen molar-refractivity contribution in [2.75, 3.05) is 18.6 Å². The molecule has 1 atom stereocenters. The quantitative estimate of drug-likeness (QED) is 0.430. The van der Waals surface area contributed by atoms with Gasteiger partial charge < -0.3 is 19.5 Å². The Balaban J connectivity index is 1.37. The average Bonchev–Trinajstić information content (AvgIpc) is 3.30. The molecule has 5 rings (SSSR count). The number of para-hydroxylation sites is 1. The lowest BCUT2D eigenvalue weighted by Crippen LogP contribution is -2.50. The molecule has 0 fully saturated rings. The standard InChI is InChI=1S/C29H25N5O4/c1-19-13-26(35)23(17-34(19)22-7-5-4-6-8-22)28(36)31-24-18-38-27-12-11-20(14-25(27)33(3)29(24)37)9-10-21-15-30-32(2)16-21/h4-8,11-17,24H,18H2,1-3H3,(H,31,36)/t24-/m0/s1. The van der Waals surface area contributed by atoms with Crippen molar-refractivity contribution in [2.45, 2.75) is 13.0 Å². The molecule has 2 aromatic carbocycles. The average molecular weight is 508 g/mol. The number of anilines is 1. The first-order valence-corrected chi connectivity index (χ1v) is 11.9. The summed E-state index contributed by atoms with van der Waals surface area (Å²) < 4.78 is 9.31. The molecule has 4 aromatic rings. The van der Waals surface area contributed by atoms with E-state index < -0.39 is 17.4 Å². The van der Waals surface area contributed by atoms with Gasteiger partial charge in [0.05, 0.1) is 17.4 Å². The Morgan fingerprint density at radius 3 is 2.53 bits per heavy atom. The van der Waals surface area contributed by atoms with Crippen LogP contribution in [0.4, 0.5) is 5.69 Å². The molecule has 2 aromatic heterocycles. The molecule has 0 unspecified atom stereocenters. The van der Waals surface area contributed by atoms with Gasteiger partial charge in [-0.1, -0.05) is 30.0 Å². The normalized spacial score (nSPS) is 14.6. The molecule has 0 saturated carbocycles. The highest BCUT2D eigenvalue weighted by molar-refractivity contribution is 6.03. The molecule has 2 amide bonds. The molecule has 0 saturated heterocycles. The van der Waals surface area contributed by atoms with Crippen molar-refractivity contribution in [3.05, 3.63) is 106 Å². The van der Waals surface area contributed by atoms with E-state index in [1.54, 1.807) is 47.6 Å². The van der Waals surface area contributed by atoms with Crippen LogP contribution in [0.5, 0.6) is 5.75 Å². The lowest BCUT2D eigenvalue weighted by molar-refractivity contribution is -0.120. The zero-order valence-electron chi connectivity index (χ0n) is 21.1. The molecule has 38 heavy (non-hydrogen) atoms. The molecule has 3 heterocycles. The number of aryl methyl sites for hydroxylation is 2. The summed E-state index contributed by atoms with van der Waals surface area (Å²) in [4.78, 5) is 40.6. The van der Waals surface area contributed by atoms with E-state index in [0.717, 1.165) is 11.3 Å². The Hall–Kier alpha value is -5.10. The van der Waals surface area contributed by atoms with Crippen molar-refractivity contribution in [3.63, 3.8) is 0 Å². The van der Waals surface area contributed by atoms with Crippen molar-refractivity contribution in [1.82, 2.24) is 19.7 Å². The van der Waals surface area contributed by atoms with Gasteiger partial charge in [-0.3, -0.25) is 19.1 Å². The Morgan fingerprint density at radius 2 is 1.79 bits per heavy atom. The van der Waals surface area contributed by atoms with Crippen LogP contribution in [0.1, 0.15) is 27.2 Å². The van der Waals surface area contributed by atoms with Crippen LogP contribution in [-0.4, -0.2) is 45.9 Å². The van der Waals surface area contributed by atoms with Gasteiger partial charge in [0.25, 0.3) is 11.8 Å². The van der Waals surface area contributed by atoms with E-state index in [-0.39, 0.29) is 18.1 Å². The third-order valence-corrected chi connectivity index (χ3v) is 6.24. The Morgan fingerprint density at radius 1 is 1.03 bits per heavy atom. The first-order chi connectivity index (χ1) is 18.3. The Labute approximate surface area is 219 Å². The Bertz CT molecular complexity index is 1660. The number of amides is 2.